The van der Waals surface area contributed by atoms with Crippen LogP contribution in [0.2, 0.25) is 0 Å². The molecule has 1 aromatic carbocycles. The molecule has 0 fully saturated rings. The Morgan fingerprint density at radius 3 is 1.70 bits per heavy atom. The zero-order valence-electron chi connectivity index (χ0n) is 15.1. The van der Waals surface area contributed by atoms with E-state index in [4.69, 9.17) is 4.74 Å². The lowest BCUT2D eigenvalue weighted by Crippen LogP contribution is -2.31. The average Bonchev–Trinajstić information content (AvgIpc) is 2.57. The van der Waals surface area contributed by atoms with Crippen molar-refractivity contribution in [2.24, 2.45) is 0 Å². The van der Waals surface area contributed by atoms with Gasteiger partial charge in [-0.2, -0.15) is 0 Å². The number of carboxylic acids is 1. The molecule has 3 N–H and O–H groups in total. The Morgan fingerprint density at radius 2 is 1.37 bits per heavy atom. The SMILES string of the molecule is CCCC(Oc1c(I)c(C(=O)NCC)c(I)c(C(=O)NCC)c1I)C(=O)O. The van der Waals surface area contributed by atoms with Gasteiger partial charge in [0.15, 0.2) is 6.10 Å². The molecule has 0 heterocycles. The number of benzene rings is 1. The van der Waals surface area contributed by atoms with Crippen molar-refractivity contribution in [3.05, 3.63) is 21.8 Å². The van der Waals surface area contributed by atoms with Crippen LogP contribution in [-0.2, 0) is 4.79 Å². The minimum atomic E-state index is -1.08. The summed E-state index contributed by atoms with van der Waals surface area (Å²) in [6.45, 7) is 6.32. The van der Waals surface area contributed by atoms with Crippen LogP contribution in [0.25, 0.3) is 0 Å². The van der Waals surface area contributed by atoms with E-state index in [-0.39, 0.29) is 17.6 Å². The molecule has 7 nitrogen and oxygen atoms in total. The summed E-state index contributed by atoms with van der Waals surface area (Å²) in [5.41, 5.74) is 0.630. The second-order valence-corrected chi connectivity index (χ2v) is 8.71. The fourth-order valence-corrected chi connectivity index (χ4v) is 6.68. The van der Waals surface area contributed by atoms with E-state index < -0.39 is 12.1 Å². The standard InChI is InChI=1S/C17H21I3N2O5/c1-4-7-8(17(25)26)27-14-12(19)9(15(23)21-5-2)11(18)10(13(14)20)16(24)22-6-3/h8H,4-7H2,1-3H3,(H,21,23)(H,22,24)(H,25,26). The summed E-state index contributed by atoms with van der Waals surface area (Å²) in [4.78, 5) is 36.7. The molecule has 1 atom stereocenters. The Bertz CT molecular complexity index is 695. The molecule has 27 heavy (non-hydrogen) atoms. The topological polar surface area (TPSA) is 105 Å². The van der Waals surface area contributed by atoms with Gasteiger partial charge in [0.1, 0.15) is 5.75 Å². The van der Waals surface area contributed by atoms with Crippen LogP contribution in [-0.4, -0.2) is 42.1 Å². The maximum absolute atomic E-state index is 12.6. The highest BCUT2D eigenvalue weighted by atomic mass is 127. The summed E-state index contributed by atoms with van der Waals surface area (Å²) in [5, 5.41) is 14.9. The summed E-state index contributed by atoms with van der Waals surface area (Å²) < 4.78 is 7.28. The zero-order chi connectivity index (χ0) is 20.7. The molecule has 0 saturated heterocycles. The molecule has 0 aliphatic carbocycles. The first-order valence-electron chi connectivity index (χ1n) is 8.37. The Kier molecular flexibility index (Phi) is 10.6. The fourth-order valence-electron chi connectivity index (χ4n) is 2.28. The van der Waals surface area contributed by atoms with E-state index in [1.54, 1.807) is 13.8 Å². The zero-order valence-corrected chi connectivity index (χ0v) is 21.6. The molecule has 0 spiro atoms. The lowest BCUT2D eigenvalue weighted by Gasteiger charge is -2.21. The van der Waals surface area contributed by atoms with Crippen LogP contribution in [0.3, 0.4) is 0 Å². The predicted molar refractivity (Wildman–Crippen MR) is 128 cm³/mol. The largest absolute Gasteiger partial charge is 0.479 e. The second kappa shape index (κ2) is 11.6. The summed E-state index contributed by atoms with van der Waals surface area (Å²) >= 11 is 5.93. The Morgan fingerprint density at radius 1 is 0.926 bits per heavy atom. The highest BCUT2D eigenvalue weighted by Crippen LogP contribution is 2.38. The van der Waals surface area contributed by atoms with Crippen LogP contribution in [0, 0.1) is 10.7 Å². The van der Waals surface area contributed by atoms with Crippen LogP contribution >= 0.6 is 67.8 Å². The third-order valence-corrected chi connectivity index (χ3v) is 6.63. The van der Waals surface area contributed by atoms with Crippen LogP contribution in [0.5, 0.6) is 5.75 Å². The molecule has 10 heteroatoms. The number of ether oxygens (including phenoxy) is 1. The molecular formula is C17H21I3N2O5. The average molecular weight is 714 g/mol. The van der Waals surface area contributed by atoms with E-state index in [1.165, 1.54) is 0 Å². The van der Waals surface area contributed by atoms with Gasteiger partial charge >= 0.3 is 5.97 Å². The number of nitrogens with one attached hydrogen (secondary N) is 2. The maximum Gasteiger partial charge on any atom is 0.344 e. The van der Waals surface area contributed by atoms with Gasteiger partial charge in [-0.3, -0.25) is 9.59 Å². The summed E-state index contributed by atoms with van der Waals surface area (Å²) in [7, 11) is 0. The Balaban J connectivity index is 3.67. The van der Waals surface area contributed by atoms with Crippen molar-refractivity contribution >= 4 is 85.6 Å². The fraction of sp³-hybridized carbons (Fsp3) is 0.471. The van der Waals surface area contributed by atoms with Gasteiger partial charge in [0.05, 0.1) is 18.3 Å². The van der Waals surface area contributed by atoms with Crippen molar-refractivity contribution in [2.75, 3.05) is 13.1 Å². The number of hydrogen-bond donors (Lipinski definition) is 3. The maximum atomic E-state index is 12.6. The molecule has 0 bridgehead atoms. The molecule has 1 unspecified atom stereocenters. The van der Waals surface area contributed by atoms with Crippen LogP contribution in [0.4, 0.5) is 0 Å². The van der Waals surface area contributed by atoms with E-state index in [1.807, 2.05) is 74.7 Å². The number of carboxylic acid groups (broad SMARTS) is 1. The van der Waals surface area contributed by atoms with Crippen LogP contribution in [0.15, 0.2) is 0 Å². The number of amides is 2. The number of carbonyl (C=O) groups is 3. The van der Waals surface area contributed by atoms with Gasteiger partial charge in [-0.25, -0.2) is 4.79 Å². The van der Waals surface area contributed by atoms with Gasteiger partial charge < -0.3 is 20.5 Å². The van der Waals surface area contributed by atoms with Crippen molar-refractivity contribution in [3.63, 3.8) is 0 Å². The van der Waals surface area contributed by atoms with Crippen molar-refractivity contribution in [1.82, 2.24) is 10.6 Å². The highest BCUT2D eigenvalue weighted by molar-refractivity contribution is 14.1. The lowest BCUT2D eigenvalue weighted by molar-refractivity contribution is -0.145. The predicted octanol–water partition coefficient (Wildman–Crippen LogP) is 3.63. The number of carbonyl (C=O) groups excluding carboxylic acids is 2. The molecule has 0 radical (unpaired) electrons. The summed E-state index contributed by atoms with van der Waals surface area (Å²) in [6, 6.07) is 0. The van der Waals surface area contributed by atoms with Gasteiger partial charge in [-0.15, -0.1) is 0 Å². The summed E-state index contributed by atoms with van der Waals surface area (Å²) in [5.74, 6) is -1.50. The number of rotatable bonds is 9. The first-order valence-corrected chi connectivity index (χ1v) is 11.6. The van der Waals surface area contributed by atoms with Crippen molar-refractivity contribution < 1.29 is 24.2 Å². The van der Waals surface area contributed by atoms with Gasteiger partial charge in [0.25, 0.3) is 11.8 Å². The highest BCUT2D eigenvalue weighted by Gasteiger charge is 2.30. The Labute approximate surface area is 199 Å². The van der Waals surface area contributed by atoms with Crippen molar-refractivity contribution in [2.45, 2.75) is 39.7 Å². The van der Waals surface area contributed by atoms with Crippen molar-refractivity contribution in [1.29, 1.82) is 0 Å². The third kappa shape index (κ3) is 6.05. The van der Waals surface area contributed by atoms with E-state index >= 15 is 0 Å². The monoisotopic (exact) mass is 714 g/mol. The molecule has 0 aliphatic rings. The van der Waals surface area contributed by atoms with E-state index in [0.29, 0.717) is 47.8 Å². The molecule has 1 aromatic rings. The molecule has 0 aromatic heterocycles. The first-order chi connectivity index (χ1) is 12.7. The molecular weight excluding hydrogens is 693 g/mol. The van der Waals surface area contributed by atoms with E-state index in [9.17, 15) is 19.5 Å². The Hall–Kier alpha value is -0.380. The van der Waals surface area contributed by atoms with E-state index in [2.05, 4.69) is 10.6 Å². The van der Waals surface area contributed by atoms with Gasteiger partial charge in [-0.05, 0) is 88.0 Å². The van der Waals surface area contributed by atoms with Gasteiger partial charge in [0, 0.05) is 16.7 Å². The second-order valence-electron chi connectivity index (χ2n) is 5.47. The minimum Gasteiger partial charge on any atom is -0.479 e. The van der Waals surface area contributed by atoms with Crippen molar-refractivity contribution in [3.8, 4) is 5.75 Å². The molecule has 0 aliphatic heterocycles. The molecule has 0 saturated carbocycles. The third-order valence-electron chi connectivity index (χ3n) is 3.49. The number of aliphatic carboxylic acids is 1. The number of halogens is 3. The van der Waals surface area contributed by atoms with Crippen LogP contribution in [0.1, 0.15) is 54.3 Å². The van der Waals surface area contributed by atoms with Gasteiger partial charge in [0.2, 0.25) is 0 Å². The van der Waals surface area contributed by atoms with Crippen LogP contribution < -0.4 is 15.4 Å². The normalized spacial score (nSPS) is 11.6. The van der Waals surface area contributed by atoms with E-state index in [0.717, 1.165) is 0 Å². The molecule has 2 amide bonds. The smallest absolute Gasteiger partial charge is 0.344 e. The number of hydrogen-bond acceptors (Lipinski definition) is 4. The quantitative estimate of drug-likeness (QED) is 0.340. The first kappa shape index (κ1) is 24.7. The minimum absolute atomic E-state index is 0.250. The molecule has 1 rings (SSSR count). The summed E-state index contributed by atoms with van der Waals surface area (Å²) in [6.07, 6.45) is -0.109. The molecule has 150 valence electrons. The van der Waals surface area contributed by atoms with Gasteiger partial charge in [-0.1, -0.05) is 13.3 Å². The lowest BCUT2D eigenvalue weighted by atomic mass is 10.1.